The van der Waals surface area contributed by atoms with Crippen LogP contribution in [0.2, 0.25) is 0 Å². The summed E-state index contributed by atoms with van der Waals surface area (Å²) in [6.45, 7) is 6.61. The van der Waals surface area contributed by atoms with Crippen LogP contribution in [-0.4, -0.2) is 31.1 Å². The first-order chi connectivity index (χ1) is 14.5. The molecule has 0 radical (unpaired) electrons. The number of nitrogens with one attached hydrogen (secondary N) is 1. The molecule has 2 aromatic carbocycles. The zero-order valence-electron chi connectivity index (χ0n) is 17.9. The second-order valence-electron chi connectivity index (χ2n) is 7.47. The quantitative estimate of drug-likeness (QED) is 0.628. The molecule has 30 heavy (non-hydrogen) atoms. The first-order valence-corrected chi connectivity index (χ1v) is 10.6. The topological polar surface area (TPSA) is 67.9 Å². The van der Waals surface area contributed by atoms with Gasteiger partial charge < -0.3 is 14.8 Å². The van der Waals surface area contributed by atoms with Crippen LogP contribution in [0.4, 0.5) is 5.69 Å². The van der Waals surface area contributed by atoms with E-state index < -0.39 is 6.10 Å². The van der Waals surface area contributed by atoms with Crippen molar-refractivity contribution >= 4 is 17.5 Å². The summed E-state index contributed by atoms with van der Waals surface area (Å²) in [6.07, 6.45) is 2.10. The van der Waals surface area contributed by atoms with Crippen LogP contribution in [0.15, 0.2) is 48.5 Å². The third kappa shape index (κ3) is 5.12. The summed E-state index contributed by atoms with van der Waals surface area (Å²) in [5.41, 5.74) is 1.61. The Kier molecular flexibility index (Phi) is 7.33. The summed E-state index contributed by atoms with van der Waals surface area (Å²) in [7, 11) is 0. The van der Waals surface area contributed by atoms with Gasteiger partial charge in [0.25, 0.3) is 5.91 Å². The molecule has 0 saturated carbocycles. The van der Waals surface area contributed by atoms with Crippen molar-refractivity contribution < 1.29 is 19.1 Å². The predicted octanol–water partition coefficient (Wildman–Crippen LogP) is 4.25. The Balaban J connectivity index is 1.62. The Morgan fingerprint density at radius 1 is 1.17 bits per heavy atom. The molecule has 0 saturated heterocycles. The third-order valence-electron chi connectivity index (χ3n) is 5.16. The fourth-order valence-electron chi connectivity index (χ4n) is 3.40. The van der Waals surface area contributed by atoms with E-state index in [9.17, 15) is 9.59 Å². The van der Waals surface area contributed by atoms with Gasteiger partial charge in [0.15, 0.2) is 6.10 Å². The molecule has 0 fully saturated rings. The number of para-hydroxylation sites is 2. The van der Waals surface area contributed by atoms with E-state index in [1.165, 1.54) is 4.90 Å². The lowest BCUT2D eigenvalue weighted by Gasteiger charge is -2.33. The molecule has 1 aliphatic rings. The molecule has 0 unspecified atom stereocenters. The number of carbonyl (C=O) groups is 2. The van der Waals surface area contributed by atoms with Crippen LogP contribution in [0.1, 0.15) is 51.6 Å². The summed E-state index contributed by atoms with van der Waals surface area (Å²) in [4.78, 5) is 27.0. The zero-order chi connectivity index (χ0) is 21.5. The standard InChI is InChI=1S/C24H30N2O4/c1-4-6-15-29-19-13-11-18(12-14-19)17(3)25-23(27)16-26-20-9-7-8-10-22(20)30-21(5-2)24(26)28/h7-14,17,21H,4-6,15-16H2,1-3H3,(H,25,27)/t17-,21+/m1/s1. The van der Waals surface area contributed by atoms with Gasteiger partial charge in [-0.15, -0.1) is 0 Å². The van der Waals surface area contributed by atoms with E-state index in [2.05, 4.69) is 12.2 Å². The minimum Gasteiger partial charge on any atom is -0.494 e. The van der Waals surface area contributed by atoms with Crippen molar-refractivity contribution in [3.05, 3.63) is 54.1 Å². The number of amides is 2. The highest BCUT2D eigenvalue weighted by Crippen LogP contribution is 2.34. The highest BCUT2D eigenvalue weighted by Gasteiger charge is 2.34. The van der Waals surface area contributed by atoms with Gasteiger partial charge in [-0.1, -0.05) is 44.5 Å². The van der Waals surface area contributed by atoms with Crippen LogP contribution in [0.25, 0.3) is 0 Å². The van der Waals surface area contributed by atoms with E-state index in [0.29, 0.717) is 24.5 Å². The summed E-state index contributed by atoms with van der Waals surface area (Å²) in [6, 6.07) is 14.9. The second-order valence-corrected chi connectivity index (χ2v) is 7.47. The molecule has 3 rings (SSSR count). The molecule has 1 aliphatic heterocycles. The summed E-state index contributed by atoms with van der Waals surface area (Å²) in [5.74, 6) is 1.05. The molecule has 6 heteroatoms. The third-order valence-corrected chi connectivity index (χ3v) is 5.16. The first kappa shape index (κ1) is 21.7. The van der Waals surface area contributed by atoms with Crippen LogP contribution in [0, 0.1) is 0 Å². The van der Waals surface area contributed by atoms with Gasteiger partial charge in [-0.25, -0.2) is 0 Å². The molecule has 0 aromatic heterocycles. The first-order valence-electron chi connectivity index (χ1n) is 10.6. The summed E-state index contributed by atoms with van der Waals surface area (Å²) >= 11 is 0. The highest BCUT2D eigenvalue weighted by atomic mass is 16.5. The van der Waals surface area contributed by atoms with Crippen LogP contribution >= 0.6 is 0 Å². The molecule has 0 bridgehead atoms. The minimum atomic E-state index is -0.564. The Morgan fingerprint density at radius 3 is 2.60 bits per heavy atom. The SMILES string of the molecule is CCCCOc1ccc([C@@H](C)NC(=O)CN2C(=O)[C@H](CC)Oc3ccccc32)cc1. The van der Waals surface area contributed by atoms with Crippen molar-refractivity contribution in [3.8, 4) is 11.5 Å². The van der Waals surface area contributed by atoms with Crippen LogP contribution < -0.4 is 19.7 Å². The van der Waals surface area contributed by atoms with Crippen LogP contribution in [0.3, 0.4) is 0 Å². The zero-order valence-corrected chi connectivity index (χ0v) is 17.9. The number of anilines is 1. The Bertz CT molecular complexity index is 866. The average Bonchev–Trinajstić information content (AvgIpc) is 2.76. The predicted molar refractivity (Wildman–Crippen MR) is 117 cm³/mol. The van der Waals surface area contributed by atoms with Crippen LogP contribution in [-0.2, 0) is 9.59 Å². The molecular formula is C24H30N2O4. The van der Waals surface area contributed by atoms with Gasteiger partial charge in [-0.05, 0) is 49.6 Å². The van der Waals surface area contributed by atoms with Gasteiger partial charge >= 0.3 is 0 Å². The lowest BCUT2D eigenvalue weighted by atomic mass is 10.1. The Hall–Kier alpha value is -3.02. The maximum atomic E-state index is 12.8. The smallest absolute Gasteiger partial charge is 0.268 e. The number of unbranched alkanes of at least 4 members (excludes halogenated alkanes) is 1. The molecule has 160 valence electrons. The Labute approximate surface area is 178 Å². The number of hydrogen-bond acceptors (Lipinski definition) is 4. The molecule has 2 amide bonds. The Morgan fingerprint density at radius 2 is 1.90 bits per heavy atom. The van der Waals surface area contributed by atoms with Gasteiger partial charge in [0.05, 0.1) is 18.3 Å². The monoisotopic (exact) mass is 410 g/mol. The second kappa shape index (κ2) is 10.1. The molecular weight excluding hydrogens is 380 g/mol. The molecule has 2 atom stereocenters. The summed E-state index contributed by atoms with van der Waals surface area (Å²) in [5, 5.41) is 2.98. The fourth-order valence-corrected chi connectivity index (χ4v) is 3.40. The van der Waals surface area contributed by atoms with Gasteiger partial charge in [-0.3, -0.25) is 14.5 Å². The minimum absolute atomic E-state index is 0.0434. The van der Waals surface area contributed by atoms with Gasteiger partial charge in [-0.2, -0.15) is 0 Å². The fraction of sp³-hybridized carbons (Fsp3) is 0.417. The molecule has 6 nitrogen and oxygen atoms in total. The van der Waals surface area contributed by atoms with Crippen LogP contribution in [0.5, 0.6) is 11.5 Å². The van der Waals surface area contributed by atoms with Crippen molar-refractivity contribution in [2.45, 2.75) is 52.2 Å². The molecule has 2 aromatic rings. The van der Waals surface area contributed by atoms with Gasteiger partial charge in [0.2, 0.25) is 5.91 Å². The van der Waals surface area contributed by atoms with E-state index in [0.717, 1.165) is 24.2 Å². The van der Waals surface area contributed by atoms with Crippen molar-refractivity contribution in [2.24, 2.45) is 0 Å². The van der Waals surface area contributed by atoms with E-state index in [1.807, 2.05) is 56.3 Å². The van der Waals surface area contributed by atoms with Crippen molar-refractivity contribution in [3.63, 3.8) is 0 Å². The molecule has 1 heterocycles. The normalized spacial score (nSPS) is 16.4. The summed E-state index contributed by atoms with van der Waals surface area (Å²) < 4.78 is 11.5. The number of fused-ring (bicyclic) bond motifs is 1. The number of rotatable bonds is 9. The van der Waals surface area contributed by atoms with Crippen molar-refractivity contribution in [2.75, 3.05) is 18.1 Å². The van der Waals surface area contributed by atoms with Crippen molar-refractivity contribution in [1.29, 1.82) is 0 Å². The van der Waals surface area contributed by atoms with Gasteiger partial charge in [0, 0.05) is 0 Å². The number of benzene rings is 2. The lowest BCUT2D eigenvalue weighted by Crippen LogP contribution is -2.49. The van der Waals surface area contributed by atoms with Gasteiger partial charge in [0.1, 0.15) is 18.0 Å². The molecule has 1 N–H and O–H groups in total. The number of carbonyl (C=O) groups excluding carboxylic acids is 2. The molecule has 0 aliphatic carbocycles. The van der Waals surface area contributed by atoms with E-state index >= 15 is 0 Å². The maximum Gasteiger partial charge on any atom is 0.268 e. The van der Waals surface area contributed by atoms with Crippen molar-refractivity contribution in [1.82, 2.24) is 5.32 Å². The number of hydrogen-bond donors (Lipinski definition) is 1. The highest BCUT2D eigenvalue weighted by molar-refractivity contribution is 6.03. The lowest BCUT2D eigenvalue weighted by molar-refractivity contribution is -0.129. The largest absolute Gasteiger partial charge is 0.494 e. The number of nitrogens with zero attached hydrogens (tertiary/aromatic N) is 1. The van der Waals surface area contributed by atoms with E-state index in [1.54, 1.807) is 6.07 Å². The van der Waals surface area contributed by atoms with E-state index in [4.69, 9.17) is 9.47 Å². The maximum absolute atomic E-state index is 12.8. The molecule has 0 spiro atoms. The van der Waals surface area contributed by atoms with E-state index in [-0.39, 0.29) is 24.4 Å². The average molecular weight is 411 g/mol. The number of ether oxygens (including phenoxy) is 2.